The van der Waals surface area contributed by atoms with Gasteiger partial charge in [0.25, 0.3) is 0 Å². The Balaban J connectivity index is 1.47. The van der Waals surface area contributed by atoms with E-state index in [0.717, 1.165) is 60.3 Å². The van der Waals surface area contributed by atoms with Crippen molar-refractivity contribution in [3.8, 4) is 22.4 Å². The van der Waals surface area contributed by atoms with E-state index in [2.05, 4.69) is 30.0 Å². The fourth-order valence-corrected chi connectivity index (χ4v) is 3.78. The van der Waals surface area contributed by atoms with Crippen LogP contribution in [0.25, 0.3) is 22.4 Å². The molecule has 5 rings (SSSR count). The summed E-state index contributed by atoms with van der Waals surface area (Å²) in [5, 5.41) is 9.11. The van der Waals surface area contributed by atoms with Gasteiger partial charge in [-0.25, -0.2) is 14.4 Å². The Morgan fingerprint density at radius 3 is 2.06 bits per heavy atom. The van der Waals surface area contributed by atoms with Gasteiger partial charge in [-0.3, -0.25) is 0 Å². The summed E-state index contributed by atoms with van der Waals surface area (Å²) in [6.45, 7) is 3.11. The smallest absolute Gasteiger partial charge is 0.225 e. The molecular weight excluding hydrogens is 391 g/mol. The second-order valence-corrected chi connectivity index (χ2v) is 7.36. The summed E-state index contributed by atoms with van der Waals surface area (Å²) in [4.78, 5) is 13.1. The minimum Gasteiger partial charge on any atom is -0.351 e. The maximum Gasteiger partial charge on any atom is 0.225 e. The fourth-order valence-electron chi connectivity index (χ4n) is 3.78. The van der Waals surface area contributed by atoms with E-state index in [1.807, 2.05) is 42.5 Å². The molecule has 154 valence electrons. The van der Waals surface area contributed by atoms with Crippen molar-refractivity contribution in [3.63, 3.8) is 0 Å². The lowest BCUT2D eigenvalue weighted by Gasteiger charge is -2.36. The van der Waals surface area contributed by atoms with Crippen LogP contribution in [0.1, 0.15) is 0 Å². The molecule has 0 radical (unpaired) electrons. The van der Waals surface area contributed by atoms with E-state index in [1.54, 1.807) is 24.5 Å². The third-order valence-corrected chi connectivity index (χ3v) is 5.41. The lowest BCUT2D eigenvalue weighted by molar-refractivity contribution is 0.627. The Hall–Kier alpha value is -3.87. The number of benzene rings is 2. The van der Waals surface area contributed by atoms with E-state index in [0.29, 0.717) is 0 Å². The first-order valence-electron chi connectivity index (χ1n) is 10.2. The monoisotopic (exact) mass is 412 g/mol. The van der Waals surface area contributed by atoms with Gasteiger partial charge in [-0.1, -0.05) is 42.5 Å². The number of nitrogens with zero attached hydrogens (tertiary/aromatic N) is 6. The van der Waals surface area contributed by atoms with Crippen molar-refractivity contribution in [2.24, 2.45) is 0 Å². The van der Waals surface area contributed by atoms with Gasteiger partial charge in [0, 0.05) is 49.7 Å². The highest BCUT2D eigenvalue weighted by Crippen LogP contribution is 2.32. The van der Waals surface area contributed by atoms with Gasteiger partial charge in [-0.15, -0.1) is 10.2 Å². The molecule has 0 unspecified atom stereocenters. The highest BCUT2D eigenvalue weighted by molar-refractivity contribution is 5.79. The zero-order valence-electron chi connectivity index (χ0n) is 16.9. The summed E-state index contributed by atoms with van der Waals surface area (Å²) in [5.74, 6) is 1.29. The molecule has 31 heavy (non-hydrogen) atoms. The van der Waals surface area contributed by atoms with Crippen LogP contribution in [-0.2, 0) is 0 Å². The average Bonchev–Trinajstić information content (AvgIpc) is 2.85. The molecule has 6 nitrogen and oxygen atoms in total. The quantitative estimate of drug-likeness (QED) is 0.504. The van der Waals surface area contributed by atoms with Crippen molar-refractivity contribution >= 4 is 11.8 Å². The predicted molar refractivity (Wildman–Crippen MR) is 119 cm³/mol. The molecule has 1 saturated heterocycles. The molecule has 0 atom stereocenters. The van der Waals surface area contributed by atoms with Crippen LogP contribution in [0.4, 0.5) is 16.2 Å². The average molecular weight is 412 g/mol. The minimum atomic E-state index is -0.257. The number of halogens is 1. The molecule has 1 fully saturated rings. The van der Waals surface area contributed by atoms with Gasteiger partial charge in [0.15, 0.2) is 5.82 Å². The van der Waals surface area contributed by atoms with E-state index in [4.69, 9.17) is 0 Å². The van der Waals surface area contributed by atoms with Crippen molar-refractivity contribution < 1.29 is 4.39 Å². The second kappa shape index (κ2) is 8.47. The highest BCUT2D eigenvalue weighted by Gasteiger charge is 2.23. The number of piperazine rings is 1. The van der Waals surface area contributed by atoms with E-state index in [9.17, 15) is 4.39 Å². The van der Waals surface area contributed by atoms with Crippen LogP contribution >= 0.6 is 0 Å². The van der Waals surface area contributed by atoms with Crippen molar-refractivity contribution in [1.82, 2.24) is 20.2 Å². The maximum atomic E-state index is 13.6. The minimum absolute atomic E-state index is 0.257. The molecular formula is C24H21FN6. The molecule has 0 amide bonds. The molecule has 0 bridgehead atoms. The molecule has 3 heterocycles. The number of hydrogen-bond acceptors (Lipinski definition) is 6. The number of hydrogen-bond donors (Lipinski definition) is 0. The van der Waals surface area contributed by atoms with Crippen LogP contribution in [0.2, 0.25) is 0 Å². The van der Waals surface area contributed by atoms with Crippen molar-refractivity contribution in [3.05, 3.63) is 84.9 Å². The standard InChI is InChI=1S/C24H21FN6/c25-20-9-7-18(8-10-20)21-17-22(19-5-2-1-3-6-19)28-29-23(21)30-13-15-31(16-14-30)24-26-11-4-12-27-24/h1-12,17H,13-16H2. The zero-order chi connectivity index (χ0) is 21.0. The first kappa shape index (κ1) is 19.1. The van der Waals surface area contributed by atoms with Gasteiger partial charge in [0.05, 0.1) is 5.69 Å². The normalized spacial score (nSPS) is 14.0. The lowest BCUT2D eigenvalue weighted by atomic mass is 10.0. The van der Waals surface area contributed by atoms with Crippen molar-refractivity contribution in [2.45, 2.75) is 0 Å². The Labute approximate surface area is 180 Å². The first-order chi connectivity index (χ1) is 15.3. The van der Waals surface area contributed by atoms with Gasteiger partial charge in [0.2, 0.25) is 5.95 Å². The van der Waals surface area contributed by atoms with Crippen LogP contribution in [0.5, 0.6) is 0 Å². The zero-order valence-corrected chi connectivity index (χ0v) is 16.9. The summed E-state index contributed by atoms with van der Waals surface area (Å²) in [6, 6.07) is 20.3. The summed E-state index contributed by atoms with van der Waals surface area (Å²) in [7, 11) is 0. The highest BCUT2D eigenvalue weighted by atomic mass is 19.1. The van der Waals surface area contributed by atoms with Crippen molar-refractivity contribution in [1.29, 1.82) is 0 Å². The van der Waals surface area contributed by atoms with Gasteiger partial charge >= 0.3 is 0 Å². The van der Waals surface area contributed by atoms with Crippen molar-refractivity contribution in [2.75, 3.05) is 36.0 Å². The topological polar surface area (TPSA) is 58.0 Å². The third-order valence-electron chi connectivity index (χ3n) is 5.41. The third kappa shape index (κ3) is 4.07. The van der Waals surface area contributed by atoms with Crippen LogP contribution in [0.15, 0.2) is 79.1 Å². The summed E-state index contributed by atoms with van der Waals surface area (Å²) in [5.41, 5.74) is 3.64. The lowest BCUT2D eigenvalue weighted by Crippen LogP contribution is -2.47. The van der Waals surface area contributed by atoms with E-state index in [1.165, 1.54) is 12.1 Å². The Bertz CT molecular complexity index is 1140. The number of rotatable bonds is 4. The van der Waals surface area contributed by atoms with Crippen LogP contribution in [0.3, 0.4) is 0 Å². The maximum absolute atomic E-state index is 13.6. The summed E-state index contributed by atoms with van der Waals surface area (Å²) < 4.78 is 13.6. The van der Waals surface area contributed by atoms with E-state index >= 15 is 0 Å². The number of aromatic nitrogens is 4. The predicted octanol–water partition coefficient (Wildman–Crippen LogP) is 4.07. The molecule has 1 aliphatic heterocycles. The Morgan fingerprint density at radius 1 is 0.677 bits per heavy atom. The molecule has 0 N–H and O–H groups in total. The fraction of sp³-hybridized carbons (Fsp3) is 0.167. The van der Waals surface area contributed by atoms with Gasteiger partial charge in [-0.2, -0.15) is 0 Å². The molecule has 0 saturated carbocycles. The van der Waals surface area contributed by atoms with Gasteiger partial charge < -0.3 is 9.80 Å². The largest absolute Gasteiger partial charge is 0.351 e. The molecule has 4 aromatic rings. The molecule has 0 spiro atoms. The Morgan fingerprint density at radius 2 is 1.35 bits per heavy atom. The molecule has 2 aromatic carbocycles. The summed E-state index contributed by atoms with van der Waals surface area (Å²) in [6.07, 6.45) is 3.52. The van der Waals surface area contributed by atoms with E-state index in [-0.39, 0.29) is 5.82 Å². The first-order valence-corrected chi connectivity index (χ1v) is 10.2. The Kier molecular flexibility index (Phi) is 5.22. The van der Waals surface area contributed by atoms with E-state index < -0.39 is 0 Å². The molecule has 1 aliphatic rings. The molecule has 2 aromatic heterocycles. The second-order valence-electron chi connectivity index (χ2n) is 7.36. The van der Waals surface area contributed by atoms with Crippen LogP contribution in [-0.4, -0.2) is 46.3 Å². The van der Waals surface area contributed by atoms with Crippen LogP contribution < -0.4 is 9.80 Å². The molecule has 0 aliphatic carbocycles. The molecule has 7 heteroatoms. The summed E-state index contributed by atoms with van der Waals surface area (Å²) >= 11 is 0. The van der Waals surface area contributed by atoms with Crippen LogP contribution in [0, 0.1) is 5.82 Å². The number of anilines is 2. The van der Waals surface area contributed by atoms with Gasteiger partial charge in [0.1, 0.15) is 5.82 Å². The van der Waals surface area contributed by atoms with Gasteiger partial charge in [-0.05, 0) is 29.8 Å². The SMILES string of the molecule is Fc1ccc(-c2cc(-c3ccccc3)nnc2N2CCN(c3ncccn3)CC2)cc1.